The van der Waals surface area contributed by atoms with Crippen LogP contribution in [0.5, 0.6) is 0 Å². The second-order valence-electron chi connectivity index (χ2n) is 14.1. The van der Waals surface area contributed by atoms with Crippen molar-refractivity contribution in [1.29, 1.82) is 0 Å². The van der Waals surface area contributed by atoms with Gasteiger partial charge < -0.3 is 0 Å². The SMILES string of the molecule is c1ccc(-c2c(-c3ccccc3)c3sc(-c4ccc(-c5cc6c(s5)c(-c5ccccc5)c(-c5ccccc5)c5sccc56)c5nsnc45)cc3c3ccsc23)cc1. The molecule has 5 aromatic heterocycles. The van der Waals surface area contributed by atoms with Gasteiger partial charge in [0.1, 0.15) is 11.0 Å². The first-order chi connectivity index (χ1) is 28.3. The lowest BCUT2D eigenvalue weighted by Crippen LogP contribution is -1.87. The van der Waals surface area contributed by atoms with E-state index in [2.05, 4.69) is 168 Å². The Labute approximate surface area is 348 Å². The Kier molecular flexibility index (Phi) is 7.84. The molecule has 0 radical (unpaired) electrons. The molecule has 0 aliphatic rings. The maximum absolute atomic E-state index is 5.01. The van der Waals surface area contributed by atoms with Crippen LogP contribution >= 0.6 is 57.1 Å². The van der Waals surface area contributed by atoms with E-state index in [0.29, 0.717) is 0 Å². The minimum Gasteiger partial charge on any atom is -0.172 e. The molecule has 0 fully saturated rings. The van der Waals surface area contributed by atoms with E-state index in [1.54, 1.807) is 0 Å². The summed E-state index contributed by atoms with van der Waals surface area (Å²) in [5.41, 5.74) is 14.3. The molecule has 57 heavy (non-hydrogen) atoms. The fourth-order valence-corrected chi connectivity index (χ4v) is 13.6. The van der Waals surface area contributed by atoms with E-state index in [1.165, 1.54) is 106 Å². The highest BCUT2D eigenvalue weighted by atomic mass is 32.1. The third kappa shape index (κ3) is 5.24. The van der Waals surface area contributed by atoms with Crippen molar-refractivity contribution in [2.75, 3.05) is 0 Å². The van der Waals surface area contributed by atoms with Crippen LogP contribution in [-0.4, -0.2) is 8.75 Å². The highest BCUT2D eigenvalue weighted by Crippen LogP contribution is 2.53. The summed E-state index contributed by atoms with van der Waals surface area (Å²) in [6.45, 7) is 0. The summed E-state index contributed by atoms with van der Waals surface area (Å²) in [5, 5.41) is 9.65. The van der Waals surface area contributed by atoms with E-state index in [0.717, 1.165) is 22.2 Å². The lowest BCUT2D eigenvalue weighted by Gasteiger charge is -2.14. The van der Waals surface area contributed by atoms with Crippen LogP contribution in [0.2, 0.25) is 0 Å². The molecule has 2 nitrogen and oxygen atoms in total. The number of benzene rings is 7. The molecule has 7 aromatic carbocycles. The topological polar surface area (TPSA) is 25.8 Å². The molecule has 0 unspecified atom stereocenters. The highest BCUT2D eigenvalue weighted by molar-refractivity contribution is 7.24. The molecular formula is C50H28N2S5. The zero-order valence-electron chi connectivity index (χ0n) is 30.1. The van der Waals surface area contributed by atoms with Crippen molar-refractivity contribution >= 4 is 108 Å². The molecule has 0 N–H and O–H groups in total. The molecule has 0 saturated carbocycles. The van der Waals surface area contributed by atoms with Crippen LogP contribution in [0.25, 0.3) is 117 Å². The predicted octanol–water partition coefficient (Wildman–Crippen LogP) is 16.6. The summed E-state index contributed by atoms with van der Waals surface area (Å²) in [7, 11) is 0. The van der Waals surface area contributed by atoms with Gasteiger partial charge in [-0.2, -0.15) is 8.75 Å². The van der Waals surface area contributed by atoms with Crippen molar-refractivity contribution in [3.05, 3.63) is 168 Å². The summed E-state index contributed by atoms with van der Waals surface area (Å²) >= 11 is 8.70. The van der Waals surface area contributed by atoms with Crippen molar-refractivity contribution in [3.63, 3.8) is 0 Å². The second-order valence-corrected chi connectivity index (χ2v) is 18.6. The van der Waals surface area contributed by atoms with E-state index < -0.39 is 0 Å². The molecular weight excluding hydrogens is 789 g/mol. The van der Waals surface area contributed by atoms with Gasteiger partial charge in [0.05, 0.1) is 11.7 Å². The summed E-state index contributed by atoms with van der Waals surface area (Å²) in [4.78, 5) is 2.42. The second kappa shape index (κ2) is 13.4. The van der Waals surface area contributed by atoms with Gasteiger partial charge in [0.15, 0.2) is 0 Å². The van der Waals surface area contributed by atoms with Crippen LogP contribution in [0.15, 0.2) is 168 Å². The molecule has 0 spiro atoms. The third-order valence-electron chi connectivity index (χ3n) is 11.0. The van der Waals surface area contributed by atoms with Gasteiger partial charge >= 0.3 is 0 Å². The number of rotatable bonds is 6. The molecule has 0 aliphatic heterocycles. The molecule has 0 bridgehead atoms. The molecule has 0 saturated heterocycles. The smallest absolute Gasteiger partial charge is 0.114 e. The van der Waals surface area contributed by atoms with E-state index in [4.69, 9.17) is 8.75 Å². The molecule has 5 heterocycles. The van der Waals surface area contributed by atoms with Crippen molar-refractivity contribution in [2.45, 2.75) is 0 Å². The van der Waals surface area contributed by atoms with Gasteiger partial charge in [-0.25, -0.2) is 0 Å². The summed E-state index contributed by atoms with van der Waals surface area (Å²) < 4.78 is 15.3. The maximum Gasteiger partial charge on any atom is 0.114 e. The molecule has 0 atom stereocenters. The van der Waals surface area contributed by atoms with Crippen LogP contribution in [0.3, 0.4) is 0 Å². The van der Waals surface area contributed by atoms with Gasteiger partial charge in [-0.1, -0.05) is 133 Å². The molecule has 0 aliphatic carbocycles. The first-order valence-corrected chi connectivity index (χ1v) is 22.8. The minimum atomic E-state index is 0.960. The fraction of sp³-hybridized carbons (Fsp3) is 0. The standard InChI is InChI=1S/C50H28N2S5/c1-5-13-29(14-6-1)41-43(31-17-9-3-10-18-31)49-37(33-23-25-53-47(33)41)27-39(55-49)35-21-22-36(46-45(35)51-57-52-46)40-28-38-34-24-26-54-48(34)42(30-15-7-2-8-16-30)44(50(38)56-40)32-19-11-4-12-20-32/h1-28H. The largest absolute Gasteiger partial charge is 0.172 e. The number of hydrogen-bond acceptors (Lipinski definition) is 7. The van der Waals surface area contributed by atoms with Gasteiger partial charge in [0.2, 0.25) is 0 Å². The molecule has 0 amide bonds. The van der Waals surface area contributed by atoms with E-state index in [-0.39, 0.29) is 0 Å². The van der Waals surface area contributed by atoms with Crippen molar-refractivity contribution in [1.82, 2.24) is 8.75 Å². The zero-order valence-corrected chi connectivity index (χ0v) is 34.2. The predicted molar refractivity (Wildman–Crippen MR) is 252 cm³/mol. The van der Waals surface area contributed by atoms with Crippen LogP contribution in [0.1, 0.15) is 0 Å². The van der Waals surface area contributed by atoms with Crippen LogP contribution in [0.4, 0.5) is 0 Å². The fourth-order valence-electron chi connectivity index (χ4n) is 8.49. The Balaban J connectivity index is 1.08. The van der Waals surface area contributed by atoms with Gasteiger partial charge in [0, 0.05) is 83.5 Å². The number of thiophene rings is 4. The Hall–Kier alpha value is -5.80. The normalized spacial score (nSPS) is 11.9. The third-order valence-corrected chi connectivity index (χ3v) is 15.7. The lowest BCUT2D eigenvalue weighted by molar-refractivity contribution is 1.64. The minimum absolute atomic E-state index is 0.960. The molecule has 7 heteroatoms. The van der Waals surface area contributed by atoms with E-state index >= 15 is 0 Å². The first-order valence-electron chi connectivity index (χ1n) is 18.7. The van der Waals surface area contributed by atoms with Gasteiger partial charge in [0.25, 0.3) is 0 Å². The number of fused-ring (bicyclic) bond motifs is 7. The molecule has 268 valence electrons. The highest BCUT2D eigenvalue weighted by Gasteiger charge is 2.25. The monoisotopic (exact) mass is 816 g/mol. The summed E-state index contributed by atoms with van der Waals surface area (Å²) in [6.07, 6.45) is 0. The number of hydrogen-bond donors (Lipinski definition) is 0. The van der Waals surface area contributed by atoms with Crippen molar-refractivity contribution in [2.24, 2.45) is 0 Å². The Bertz CT molecular complexity index is 3210. The summed E-state index contributed by atoms with van der Waals surface area (Å²) in [6, 6.07) is 57.5. The average Bonchev–Trinajstić information content (AvgIpc) is 4.13. The van der Waals surface area contributed by atoms with Gasteiger partial charge in [-0.3, -0.25) is 0 Å². The van der Waals surface area contributed by atoms with Crippen molar-refractivity contribution < 1.29 is 0 Å². The van der Waals surface area contributed by atoms with Crippen LogP contribution in [-0.2, 0) is 0 Å². The lowest BCUT2D eigenvalue weighted by atomic mass is 9.91. The quantitative estimate of drug-likeness (QED) is 0.167. The Morgan fingerprint density at radius 3 is 1.05 bits per heavy atom. The Morgan fingerprint density at radius 1 is 0.333 bits per heavy atom. The summed E-state index contributed by atoms with van der Waals surface area (Å²) in [5.74, 6) is 0. The first kappa shape index (κ1) is 33.4. The molecule has 12 rings (SSSR count). The number of nitrogens with zero attached hydrogens (tertiary/aromatic N) is 2. The maximum atomic E-state index is 5.01. The molecule has 12 aromatic rings. The Morgan fingerprint density at radius 2 is 0.684 bits per heavy atom. The van der Waals surface area contributed by atoms with E-state index in [1.807, 2.05) is 45.3 Å². The van der Waals surface area contributed by atoms with E-state index in [9.17, 15) is 0 Å². The average molecular weight is 817 g/mol. The van der Waals surface area contributed by atoms with Crippen molar-refractivity contribution in [3.8, 4) is 65.4 Å². The van der Waals surface area contributed by atoms with Gasteiger partial charge in [-0.15, -0.1) is 45.3 Å². The van der Waals surface area contributed by atoms with Crippen LogP contribution in [0, 0.1) is 0 Å². The zero-order chi connectivity index (χ0) is 37.5. The number of aromatic nitrogens is 2. The van der Waals surface area contributed by atoms with Gasteiger partial charge in [-0.05, 0) is 57.3 Å². The van der Waals surface area contributed by atoms with Crippen LogP contribution < -0.4 is 0 Å².